The Morgan fingerprint density at radius 1 is 1.33 bits per heavy atom. The van der Waals surface area contributed by atoms with Crippen molar-refractivity contribution in [3.8, 4) is 5.75 Å². The van der Waals surface area contributed by atoms with Crippen LogP contribution in [0.25, 0.3) is 10.9 Å². The number of fused-ring (bicyclic) bond motifs is 1. The summed E-state index contributed by atoms with van der Waals surface area (Å²) in [5, 5.41) is 2.89. The molecule has 0 saturated carbocycles. The van der Waals surface area contributed by atoms with Crippen LogP contribution in [0.4, 0.5) is 3.89 Å². The summed E-state index contributed by atoms with van der Waals surface area (Å²) in [4.78, 5) is 23.4. The summed E-state index contributed by atoms with van der Waals surface area (Å²) in [6, 6.07) is 4.09. The molecule has 1 aliphatic rings. The molecule has 1 aromatic carbocycles. The number of piperidine rings is 1. The van der Waals surface area contributed by atoms with Crippen molar-refractivity contribution in [1.82, 2.24) is 9.88 Å². The average molecular weight is 419 g/mol. The fourth-order valence-electron chi connectivity index (χ4n) is 2.88. The van der Waals surface area contributed by atoms with E-state index in [-0.39, 0.29) is 22.6 Å². The molecule has 1 aliphatic heterocycles. The molecule has 2 aromatic rings. The Morgan fingerprint density at radius 2 is 2.04 bits per heavy atom. The van der Waals surface area contributed by atoms with Gasteiger partial charge in [0.15, 0.2) is 5.75 Å². The molecule has 1 fully saturated rings. The van der Waals surface area contributed by atoms with Crippen LogP contribution >= 0.6 is 15.9 Å². The van der Waals surface area contributed by atoms with E-state index in [1.807, 2.05) is 0 Å². The highest BCUT2D eigenvalue weighted by molar-refractivity contribution is 9.10. The number of rotatable bonds is 3. The molecule has 2 amide bonds. The maximum atomic E-state index is 12.8. The van der Waals surface area contributed by atoms with Gasteiger partial charge in [-0.3, -0.25) is 14.9 Å². The lowest BCUT2D eigenvalue weighted by atomic mass is 10.1. The normalized spacial score (nSPS) is 18.7. The Labute approximate surface area is 145 Å². The van der Waals surface area contributed by atoms with Gasteiger partial charge in [0.2, 0.25) is 11.8 Å². The molecule has 7 nitrogen and oxygen atoms in total. The molecular formula is C14H12BrFN2O5S. The quantitative estimate of drug-likeness (QED) is 0.609. The number of aromatic nitrogens is 1. The van der Waals surface area contributed by atoms with Crippen molar-refractivity contribution in [2.45, 2.75) is 25.8 Å². The molecule has 2 heterocycles. The number of aryl methyl sites for hydroxylation is 1. The largest absolute Gasteiger partial charge is 0.488 e. The third kappa shape index (κ3) is 3.16. The minimum atomic E-state index is -5.15. The molecule has 0 bridgehead atoms. The van der Waals surface area contributed by atoms with Crippen molar-refractivity contribution in [2.24, 2.45) is 0 Å². The van der Waals surface area contributed by atoms with Gasteiger partial charge in [0, 0.05) is 17.5 Å². The van der Waals surface area contributed by atoms with Crippen molar-refractivity contribution in [3.63, 3.8) is 0 Å². The third-order valence-corrected chi connectivity index (χ3v) is 4.79. The van der Waals surface area contributed by atoms with E-state index < -0.39 is 22.5 Å². The average Bonchev–Trinajstić information content (AvgIpc) is 2.73. The predicted molar refractivity (Wildman–Crippen MR) is 86.5 cm³/mol. The number of hydrogen-bond acceptors (Lipinski definition) is 5. The lowest BCUT2D eigenvalue weighted by molar-refractivity contribution is -0.135. The van der Waals surface area contributed by atoms with Crippen molar-refractivity contribution in [1.29, 1.82) is 0 Å². The van der Waals surface area contributed by atoms with Gasteiger partial charge in [0.1, 0.15) is 6.04 Å². The summed E-state index contributed by atoms with van der Waals surface area (Å²) in [5.41, 5.74) is 1.38. The molecule has 1 aromatic heterocycles. The molecule has 0 radical (unpaired) electrons. The first-order valence-electron chi connectivity index (χ1n) is 6.94. The van der Waals surface area contributed by atoms with Crippen LogP contribution < -0.4 is 9.50 Å². The summed E-state index contributed by atoms with van der Waals surface area (Å²) in [6.07, 6.45) is 0.599. The summed E-state index contributed by atoms with van der Waals surface area (Å²) in [6.45, 7) is 1.78. The summed E-state index contributed by atoms with van der Waals surface area (Å²) in [5.74, 6) is -0.893. The van der Waals surface area contributed by atoms with E-state index in [9.17, 15) is 21.9 Å². The standard InChI is InChI=1S/C14H12BrFN2O5S/c1-7-4-8-5-12(23-24(16,21)22)9(15)6-11(8)18(7)10-2-3-13(19)17-14(10)20/h4-6,10H,2-3H2,1H3,(H,17,19,20). The molecule has 0 spiro atoms. The zero-order chi connectivity index (χ0) is 17.6. The second kappa shape index (κ2) is 5.85. The Balaban J connectivity index is 2.10. The number of amides is 2. The summed E-state index contributed by atoms with van der Waals surface area (Å²) < 4.78 is 40.4. The van der Waals surface area contributed by atoms with Crippen LogP contribution in [0, 0.1) is 6.92 Å². The first kappa shape index (κ1) is 16.9. The van der Waals surface area contributed by atoms with Gasteiger partial charge in [-0.25, -0.2) is 0 Å². The number of carbonyl (C=O) groups is 2. The van der Waals surface area contributed by atoms with Gasteiger partial charge in [-0.05, 0) is 47.5 Å². The van der Waals surface area contributed by atoms with Crippen molar-refractivity contribution in [2.75, 3.05) is 0 Å². The van der Waals surface area contributed by atoms with E-state index in [2.05, 4.69) is 25.4 Å². The van der Waals surface area contributed by atoms with Crippen LogP contribution in [0.1, 0.15) is 24.6 Å². The summed E-state index contributed by atoms with van der Waals surface area (Å²) >= 11 is 3.14. The molecule has 10 heteroatoms. The van der Waals surface area contributed by atoms with Crippen molar-refractivity contribution in [3.05, 3.63) is 28.4 Å². The topological polar surface area (TPSA) is 94.5 Å². The van der Waals surface area contributed by atoms with E-state index in [4.69, 9.17) is 0 Å². The molecule has 24 heavy (non-hydrogen) atoms. The Hall–Kier alpha value is -1.94. The van der Waals surface area contributed by atoms with Gasteiger partial charge in [0.05, 0.1) is 9.99 Å². The van der Waals surface area contributed by atoms with E-state index in [1.54, 1.807) is 23.6 Å². The van der Waals surface area contributed by atoms with Gasteiger partial charge in [0.25, 0.3) is 0 Å². The van der Waals surface area contributed by atoms with E-state index in [0.717, 1.165) is 5.69 Å². The first-order chi connectivity index (χ1) is 11.2. The van der Waals surface area contributed by atoms with Gasteiger partial charge < -0.3 is 8.75 Å². The highest BCUT2D eigenvalue weighted by atomic mass is 79.9. The molecule has 1 atom stereocenters. The second-order valence-corrected chi connectivity index (χ2v) is 7.25. The number of benzene rings is 1. The maximum absolute atomic E-state index is 12.8. The number of halogens is 2. The minimum absolute atomic E-state index is 0.189. The summed E-state index contributed by atoms with van der Waals surface area (Å²) in [7, 11) is -5.15. The first-order valence-corrected chi connectivity index (χ1v) is 9.05. The van der Waals surface area contributed by atoms with Crippen molar-refractivity contribution < 1.29 is 26.1 Å². The number of hydrogen-bond donors (Lipinski definition) is 1. The fraction of sp³-hybridized carbons (Fsp3) is 0.286. The third-order valence-electron chi connectivity index (χ3n) is 3.80. The van der Waals surface area contributed by atoms with Gasteiger partial charge in [-0.15, -0.1) is 0 Å². The van der Waals surface area contributed by atoms with Crippen LogP contribution in [0.15, 0.2) is 22.7 Å². The number of nitrogens with one attached hydrogen (secondary N) is 1. The lowest BCUT2D eigenvalue weighted by Crippen LogP contribution is -2.41. The SMILES string of the molecule is Cc1cc2cc(OS(=O)(=O)F)c(Br)cc2n1C1CCC(=O)NC1=O. The monoisotopic (exact) mass is 418 g/mol. The molecule has 1 N–H and O–H groups in total. The van der Waals surface area contributed by atoms with Gasteiger partial charge in [-0.1, -0.05) is 3.89 Å². The minimum Gasteiger partial charge on any atom is -0.357 e. The van der Waals surface area contributed by atoms with Crippen LogP contribution in [0.5, 0.6) is 5.75 Å². The van der Waals surface area contributed by atoms with Crippen LogP contribution in [-0.2, 0) is 20.1 Å². The molecule has 1 saturated heterocycles. The van der Waals surface area contributed by atoms with Gasteiger partial charge >= 0.3 is 10.5 Å². The Kier molecular flexibility index (Phi) is 4.12. The molecule has 128 valence electrons. The van der Waals surface area contributed by atoms with Crippen LogP contribution in [0.3, 0.4) is 0 Å². The Bertz CT molecular complexity index is 969. The van der Waals surface area contributed by atoms with E-state index >= 15 is 0 Å². The fourth-order valence-corrected chi connectivity index (χ4v) is 3.75. The number of carbonyl (C=O) groups excluding carboxylic acids is 2. The lowest BCUT2D eigenvalue weighted by Gasteiger charge is -2.24. The van der Waals surface area contributed by atoms with Gasteiger partial charge in [-0.2, -0.15) is 8.42 Å². The molecule has 0 aliphatic carbocycles. The zero-order valence-corrected chi connectivity index (χ0v) is 14.8. The molecule has 3 rings (SSSR count). The predicted octanol–water partition coefficient (Wildman–Crippen LogP) is 2.28. The molecule has 1 unspecified atom stereocenters. The van der Waals surface area contributed by atoms with Crippen LogP contribution in [0.2, 0.25) is 0 Å². The highest BCUT2D eigenvalue weighted by Gasteiger charge is 2.30. The highest BCUT2D eigenvalue weighted by Crippen LogP contribution is 2.35. The molecular weight excluding hydrogens is 407 g/mol. The van der Waals surface area contributed by atoms with Crippen LogP contribution in [-0.4, -0.2) is 24.8 Å². The maximum Gasteiger partial charge on any atom is 0.488 e. The van der Waals surface area contributed by atoms with E-state index in [0.29, 0.717) is 17.3 Å². The zero-order valence-electron chi connectivity index (χ0n) is 12.4. The Morgan fingerprint density at radius 3 is 2.67 bits per heavy atom. The number of imide groups is 1. The van der Waals surface area contributed by atoms with Crippen molar-refractivity contribution >= 4 is 49.2 Å². The smallest absolute Gasteiger partial charge is 0.357 e. The second-order valence-electron chi connectivity index (χ2n) is 5.44. The number of nitrogens with zero attached hydrogens (tertiary/aromatic N) is 1. The van der Waals surface area contributed by atoms with E-state index in [1.165, 1.54) is 6.07 Å².